The van der Waals surface area contributed by atoms with E-state index in [2.05, 4.69) is 47.8 Å². The van der Waals surface area contributed by atoms with Gasteiger partial charge in [-0.05, 0) is 27.7 Å². The van der Waals surface area contributed by atoms with Crippen LogP contribution in [0, 0.1) is 10.8 Å². The van der Waals surface area contributed by atoms with E-state index in [0.717, 1.165) is 0 Å². The van der Waals surface area contributed by atoms with Gasteiger partial charge in [-0.25, -0.2) is 0 Å². The van der Waals surface area contributed by atoms with Gasteiger partial charge in [-0.1, -0.05) is 52.6 Å². The van der Waals surface area contributed by atoms with E-state index in [-0.39, 0.29) is 44.7 Å². The van der Waals surface area contributed by atoms with Crippen LogP contribution in [-0.2, 0) is 14.3 Å². The molecule has 32 heavy (non-hydrogen) atoms. The van der Waals surface area contributed by atoms with Crippen molar-refractivity contribution in [1.82, 2.24) is 16.0 Å². The largest absolute Gasteiger partial charge is 0.394 e. The van der Waals surface area contributed by atoms with E-state index < -0.39 is 38.4 Å². The number of hydrogen-bond donors (Lipinski definition) is 6. The molecule has 3 unspecified atom stereocenters. The minimum Gasteiger partial charge on any atom is -0.394 e. The van der Waals surface area contributed by atoms with E-state index in [0.29, 0.717) is 0 Å². The highest BCUT2D eigenvalue weighted by molar-refractivity contribution is 9.10. The number of hydrogen-bond acceptors (Lipinski definition) is 7. The van der Waals surface area contributed by atoms with Crippen molar-refractivity contribution in [3.63, 3.8) is 0 Å². The van der Waals surface area contributed by atoms with Gasteiger partial charge in [-0.2, -0.15) is 0 Å². The fourth-order valence-corrected chi connectivity index (χ4v) is 2.67. The van der Waals surface area contributed by atoms with Gasteiger partial charge in [0.1, 0.15) is 12.3 Å². The molecule has 0 aliphatic heterocycles. The Morgan fingerprint density at radius 1 is 0.906 bits per heavy atom. The molecule has 2 amide bonds. The zero-order valence-corrected chi connectivity index (χ0v) is 23.4. The van der Waals surface area contributed by atoms with Gasteiger partial charge >= 0.3 is 0 Å². The van der Waals surface area contributed by atoms with Crippen molar-refractivity contribution < 1.29 is 29.6 Å². The first-order valence-corrected chi connectivity index (χ1v) is 12.2. The molecule has 0 fully saturated rings. The van der Waals surface area contributed by atoms with Crippen LogP contribution < -0.4 is 16.0 Å². The lowest BCUT2D eigenvalue weighted by Crippen LogP contribution is -2.58. The van der Waals surface area contributed by atoms with Gasteiger partial charge in [0.15, 0.2) is 0 Å². The molecule has 6 N–H and O–H groups in total. The first kappa shape index (κ1) is 31.7. The number of aliphatic hydroxyl groups is 3. The highest BCUT2D eigenvalue weighted by atomic mass is 79.9. The fraction of sp³-hybridized carbons (Fsp3) is 0.905. The van der Waals surface area contributed by atoms with Crippen molar-refractivity contribution in [3.05, 3.63) is 0 Å². The predicted octanol–water partition coefficient (Wildman–Crippen LogP) is 0.876. The number of rotatable bonds is 14. The molecule has 0 radical (unpaired) electrons. The molecule has 0 rings (SSSR count). The molecule has 0 aliphatic rings. The van der Waals surface area contributed by atoms with Crippen molar-refractivity contribution in [2.75, 3.05) is 39.5 Å². The standard InChI is InChI=1S/C21H41Br2N3O6/c1-18(2,3)15(29)24-10-21(13-32-9-14(28)8-27,11-25-16(30)19(4,5)22)12-26-17(31)20(6,7)23/h14,16,25,27-28,30H,8-13H2,1-7H3,(H,24,29)(H,26,31). The zero-order chi connectivity index (χ0) is 25.4. The van der Waals surface area contributed by atoms with Crippen LogP contribution in [0.5, 0.6) is 0 Å². The predicted molar refractivity (Wildman–Crippen MR) is 132 cm³/mol. The summed E-state index contributed by atoms with van der Waals surface area (Å²) in [6.45, 7) is 12.4. The van der Waals surface area contributed by atoms with Crippen molar-refractivity contribution in [2.45, 2.75) is 69.4 Å². The van der Waals surface area contributed by atoms with E-state index in [1.165, 1.54) is 0 Å². The van der Waals surface area contributed by atoms with Crippen LogP contribution >= 0.6 is 31.9 Å². The summed E-state index contributed by atoms with van der Waals surface area (Å²) in [5.74, 6) is -0.424. The van der Waals surface area contributed by atoms with Crippen LogP contribution in [-0.4, -0.2) is 87.6 Å². The topological polar surface area (TPSA) is 140 Å². The molecule has 9 nitrogen and oxygen atoms in total. The van der Waals surface area contributed by atoms with Crippen LogP contribution in [0.15, 0.2) is 0 Å². The van der Waals surface area contributed by atoms with Crippen LogP contribution in [0.3, 0.4) is 0 Å². The molecule has 0 saturated heterocycles. The van der Waals surface area contributed by atoms with E-state index in [9.17, 15) is 19.8 Å². The molecule has 0 aromatic carbocycles. The Morgan fingerprint density at radius 2 is 1.41 bits per heavy atom. The number of nitrogens with one attached hydrogen (secondary N) is 3. The number of halogens is 2. The molecule has 0 aliphatic carbocycles. The Balaban J connectivity index is 5.74. The van der Waals surface area contributed by atoms with Gasteiger partial charge in [0, 0.05) is 30.5 Å². The summed E-state index contributed by atoms with van der Waals surface area (Å²) in [4.78, 5) is 25.0. The summed E-state index contributed by atoms with van der Waals surface area (Å²) in [6, 6.07) is 0. The van der Waals surface area contributed by atoms with Crippen molar-refractivity contribution >= 4 is 43.7 Å². The third kappa shape index (κ3) is 12.2. The smallest absolute Gasteiger partial charge is 0.236 e. The number of carbonyl (C=O) groups is 2. The highest BCUT2D eigenvalue weighted by Crippen LogP contribution is 2.23. The summed E-state index contributed by atoms with van der Waals surface area (Å²) in [5, 5.41) is 38.0. The van der Waals surface area contributed by atoms with Crippen molar-refractivity contribution in [3.8, 4) is 0 Å². The van der Waals surface area contributed by atoms with Gasteiger partial charge in [0.05, 0.1) is 28.5 Å². The summed E-state index contributed by atoms with van der Waals surface area (Å²) >= 11 is 6.75. The number of carbonyl (C=O) groups excluding carboxylic acids is 2. The maximum absolute atomic E-state index is 12.5. The molecule has 0 aromatic rings. The lowest BCUT2D eigenvalue weighted by Gasteiger charge is -2.38. The average molecular weight is 591 g/mol. The van der Waals surface area contributed by atoms with E-state index in [4.69, 9.17) is 9.84 Å². The van der Waals surface area contributed by atoms with Crippen LogP contribution in [0.1, 0.15) is 48.5 Å². The zero-order valence-electron chi connectivity index (χ0n) is 20.2. The molecular formula is C21H41Br2N3O6. The molecule has 11 heteroatoms. The lowest BCUT2D eigenvalue weighted by atomic mass is 9.86. The van der Waals surface area contributed by atoms with E-state index >= 15 is 0 Å². The second-order valence-electron chi connectivity index (χ2n) is 10.3. The van der Waals surface area contributed by atoms with Gasteiger partial charge in [0.2, 0.25) is 11.8 Å². The first-order chi connectivity index (χ1) is 14.3. The number of alkyl halides is 2. The van der Waals surface area contributed by atoms with Gasteiger partial charge in [0.25, 0.3) is 0 Å². The SMILES string of the molecule is CC(C)(C)C(=O)NCC(CNC(=O)C(C)(C)Br)(CNC(O)C(C)(C)Br)COCC(O)CO. The maximum Gasteiger partial charge on any atom is 0.236 e. The normalized spacial score (nSPS) is 16.8. The quantitative estimate of drug-likeness (QED) is 0.130. The van der Waals surface area contributed by atoms with Crippen molar-refractivity contribution in [2.24, 2.45) is 10.8 Å². The van der Waals surface area contributed by atoms with Gasteiger partial charge in [-0.15, -0.1) is 0 Å². The van der Waals surface area contributed by atoms with Gasteiger partial charge < -0.3 is 30.7 Å². The third-order valence-corrected chi connectivity index (χ3v) is 5.51. The average Bonchev–Trinajstić information content (AvgIpc) is 2.65. The number of amides is 2. The van der Waals surface area contributed by atoms with Gasteiger partial charge in [-0.3, -0.25) is 14.9 Å². The minimum atomic E-state index is -1.05. The van der Waals surface area contributed by atoms with E-state index in [1.54, 1.807) is 48.5 Å². The number of aliphatic hydroxyl groups excluding tert-OH is 3. The fourth-order valence-electron chi connectivity index (χ4n) is 2.37. The molecule has 0 aromatic heterocycles. The lowest BCUT2D eigenvalue weighted by molar-refractivity contribution is -0.129. The molecule has 0 spiro atoms. The first-order valence-electron chi connectivity index (χ1n) is 10.6. The van der Waals surface area contributed by atoms with Crippen LogP contribution in [0.2, 0.25) is 0 Å². The minimum absolute atomic E-state index is 0.0416. The monoisotopic (exact) mass is 589 g/mol. The molecule has 0 saturated carbocycles. The highest BCUT2D eigenvalue weighted by Gasteiger charge is 2.37. The summed E-state index contributed by atoms with van der Waals surface area (Å²) < 4.78 is 4.23. The Kier molecular flexibility index (Phi) is 12.8. The molecular weight excluding hydrogens is 550 g/mol. The second kappa shape index (κ2) is 13.0. The molecule has 190 valence electrons. The number of ether oxygens (including phenoxy) is 1. The molecule has 3 atom stereocenters. The second-order valence-corrected chi connectivity index (χ2v) is 14.3. The Bertz CT molecular complexity index is 570. The Hall–Kier alpha value is -0.300. The molecule has 0 bridgehead atoms. The summed E-state index contributed by atoms with van der Waals surface area (Å²) in [7, 11) is 0. The Labute approximate surface area is 208 Å². The van der Waals surface area contributed by atoms with Crippen LogP contribution in [0.4, 0.5) is 0 Å². The summed E-state index contributed by atoms with van der Waals surface area (Å²) in [5.41, 5.74) is -1.48. The maximum atomic E-state index is 12.5. The molecule has 0 heterocycles. The van der Waals surface area contributed by atoms with Crippen LogP contribution in [0.25, 0.3) is 0 Å². The third-order valence-electron chi connectivity index (χ3n) is 4.72. The summed E-state index contributed by atoms with van der Waals surface area (Å²) in [6.07, 6.45) is -1.97. The van der Waals surface area contributed by atoms with Crippen molar-refractivity contribution in [1.29, 1.82) is 0 Å². The Morgan fingerprint density at radius 3 is 1.81 bits per heavy atom. The van der Waals surface area contributed by atoms with E-state index in [1.807, 2.05) is 0 Å².